The molecule has 0 unspecified atom stereocenters. The van der Waals surface area contributed by atoms with Gasteiger partial charge in [0, 0.05) is 25.1 Å². The fourth-order valence-corrected chi connectivity index (χ4v) is 2.69. The van der Waals surface area contributed by atoms with Gasteiger partial charge in [0.15, 0.2) is 0 Å². The van der Waals surface area contributed by atoms with Gasteiger partial charge in [0.1, 0.15) is 0 Å². The van der Waals surface area contributed by atoms with Crippen molar-refractivity contribution in [1.82, 2.24) is 4.90 Å². The van der Waals surface area contributed by atoms with Crippen LogP contribution in [0.4, 0.5) is 0 Å². The third-order valence-electron chi connectivity index (χ3n) is 3.87. The molecule has 0 bridgehead atoms. The van der Waals surface area contributed by atoms with E-state index in [0.29, 0.717) is 18.9 Å². The first kappa shape index (κ1) is 14.6. The third-order valence-corrected chi connectivity index (χ3v) is 3.87. The van der Waals surface area contributed by atoms with Crippen LogP contribution >= 0.6 is 0 Å². The lowest BCUT2D eigenvalue weighted by Gasteiger charge is -2.32. The van der Waals surface area contributed by atoms with Gasteiger partial charge in [-0.05, 0) is 44.2 Å². The summed E-state index contributed by atoms with van der Waals surface area (Å²) in [6.45, 7) is 3.45. The zero-order valence-corrected chi connectivity index (χ0v) is 11.8. The summed E-state index contributed by atoms with van der Waals surface area (Å²) in [6, 6.07) is 7.61. The minimum atomic E-state index is -0.757. The summed E-state index contributed by atoms with van der Waals surface area (Å²) >= 11 is 0. The number of hydrogen-bond acceptors (Lipinski definition) is 2. The lowest BCUT2D eigenvalue weighted by Crippen LogP contribution is -2.40. The second kappa shape index (κ2) is 6.55. The van der Waals surface area contributed by atoms with Gasteiger partial charge in [-0.15, -0.1) is 0 Å². The molecule has 0 aliphatic carbocycles. The van der Waals surface area contributed by atoms with Gasteiger partial charge in [-0.2, -0.15) is 0 Å². The van der Waals surface area contributed by atoms with Crippen molar-refractivity contribution in [3.05, 3.63) is 35.4 Å². The number of carbonyl (C=O) groups excluding carboxylic acids is 1. The number of carboxylic acid groups (broad SMARTS) is 1. The Bertz CT molecular complexity index is 481. The van der Waals surface area contributed by atoms with Crippen molar-refractivity contribution in [1.29, 1.82) is 0 Å². The number of amides is 1. The first-order valence-corrected chi connectivity index (χ1v) is 7.14. The maximum absolute atomic E-state index is 12.4. The Balaban J connectivity index is 1.96. The summed E-state index contributed by atoms with van der Waals surface area (Å²) in [5.74, 6) is -0.383. The average Bonchev–Trinajstić information content (AvgIpc) is 2.45. The topological polar surface area (TPSA) is 57.6 Å². The Morgan fingerprint density at radius 3 is 2.65 bits per heavy atom. The Hall–Kier alpha value is -1.84. The van der Waals surface area contributed by atoms with Crippen molar-refractivity contribution in [2.75, 3.05) is 13.1 Å². The van der Waals surface area contributed by atoms with Crippen molar-refractivity contribution < 1.29 is 14.7 Å². The first-order valence-electron chi connectivity index (χ1n) is 7.14. The molecule has 1 saturated heterocycles. The van der Waals surface area contributed by atoms with E-state index in [1.54, 1.807) is 0 Å². The number of piperidine rings is 1. The van der Waals surface area contributed by atoms with Gasteiger partial charge < -0.3 is 10.0 Å². The van der Waals surface area contributed by atoms with Crippen LogP contribution < -0.4 is 0 Å². The van der Waals surface area contributed by atoms with Crippen molar-refractivity contribution >= 4 is 11.9 Å². The molecular formula is C16H21NO3. The van der Waals surface area contributed by atoms with Gasteiger partial charge in [-0.1, -0.05) is 17.7 Å². The highest BCUT2D eigenvalue weighted by Crippen LogP contribution is 2.22. The molecule has 1 heterocycles. The smallest absolute Gasteiger partial charge is 0.303 e. The fraction of sp³-hybridized carbons (Fsp3) is 0.500. The fourth-order valence-electron chi connectivity index (χ4n) is 2.69. The highest BCUT2D eigenvalue weighted by atomic mass is 16.4. The Morgan fingerprint density at radius 2 is 2.00 bits per heavy atom. The van der Waals surface area contributed by atoms with Gasteiger partial charge >= 0.3 is 5.97 Å². The average molecular weight is 275 g/mol. The predicted octanol–water partition coefficient (Wildman–Crippen LogP) is 2.71. The molecular weight excluding hydrogens is 254 g/mol. The summed E-state index contributed by atoms with van der Waals surface area (Å²) in [6.07, 6.45) is 2.83. The maximum atomic E-state index is 12.4. The number of aryl methyl sites for hydroxylation is 1. The minimum absolute atomic E-state index is 0.0602. The molecule has 4 nitrogen and oxygen atoms in total. The van der Waals surface area contributed by atoms with E-state index >= 15 is 0 Å². The number of likely N-dealkylation sites (tertiary alicyclic amines) is 1. The van der Waals surface area contributed by atoms with Crippen LogP contribution in [0.1, 0.15) is 41.6 Å². The number of rotatable bonds is 4. The summed E-state index contributed by atoms with van der Waals surface area (Å²) in [4.78, 5) is 24.9. The molecule has 1 fully saturated rings. The highest BCUT2D eigenvalue weighted by molar-refractivity contribution is 5.94. The van der Waals surface area contributed by atoms with Crippen molar-refractivity contribution in [2.45, 2.75) is 32.6 Å². The minimum Gasteiger partial charge on any atom is -0.481 e. The normalized spacial score (nSPS) is 18.9. The molecule has 0 radical (unpaired) electrons. The quantitative estimate of drug-likeness (QED) is 0.919. The SMILES string of the molecule is Cc1ccc(C(=O)N2CCC[C@H](CCC(=O)O)C2)cc1. The molecule has 1 atom stereocenters. The standard InChI is InChI=1S/C16H21NO3/c1-12-4-7-14(8-5-12)16(20)17-10-2-3-13(11-17)6-9-15(18)19/h4-5,7-8,13H,2-3,6,9-11H2,1H3,(H,18,19)/t13-/m1/s1. The number of benzene rings is 1. The zero-order valence-electron chi connectivity index (χ0n) is 11.8. The molecule has 20 heavy (non-hydrogen) atoms. The maximum Gasteiger partial charge on any atom is 0.303 e. The molecule has 1 N–H and O–H groups in total. The summed E-state index contributed by atoms with van der Waals surface area (Å²) in [7, 11) is 0. The van der Waals surface area contributed by atoms with E-state index in [-0.39, 0.29) is 12.3 Å². The summed E-state index contributed by atoms with van der Waals surface area (Å²) in [5, 5.41) is 8.74. The summed E-state index contributed by atoms with van der Waals surface area (Å²) < 4.78 is 0. The van der Waals surface area contributed by atoms with E-state index in [2.05, 4.69) is 0 Å². The van der Waals surface area contributed by atoms with Crippen molar-refractivity contribution in [3.63, 3.8) is 0 Å². The van der Waals surface area contributed by atoms with Crippen LogP contribution in [0.2, 0.25) is 0 Å². The first-order chi connectivity index (χ1) is 9.56. The largest absolute Gasteiger partial charge is 0.481 e. The second-order valence-corrected chi connectivity index (χ2v) is 5.56. The number of nitrogens with zero attached hydrogens (tertiary/aromatic N) is 1. The van der Waals surface area contributed by atoms with Crippen LogP contribution in [0.5, 0.6) is 0 Å². The highest BCUT2D eigenvalue weighted by Gasteiger charge is 2.24. The van der Waals surface area contributed by atoms with E-state index in [1.165, 1.54) is 0 Å². The van der Waals surface area contributed by atoms with Gasteiger partial charge in [0.25, 0.3) is 5.91 Å². The van der Waals surface area contributed by atoms with E-state index in [1.807, 2.05) is 36.1 Å². The Morgan fingerprint density at radius 1 is 1.30 bits per heavy atom. The third kappa shape index (κ3) is 3.83. The molecule has 1 aliphatic rings. The summed E-state index contributed by atoms with van der Waals surface area (Å²) in [5.41, 5.74) is 1.86. The van der Waals surface area contributed by atoms with Gasteiger partial charge in [0.2, 0.25) is 0 Å². The molecule has 4 heteroatoms. The zero-order chi connectivity index (χ0) is 14.5. The van der Waals surface area contributed by atoms with E-state index in [9.17, 15) is 9.59 Å². The lowest BCUT2D eigenvalue weighted by molar-refractivity contribution is -0.137. The molecule has 0 saturated carbocycles. The van der Waals surface area contributed by atoms with Crippen LogP contribution in [-0.4, -0.2) is 35.0 Å². The van der Waals surface area contributed by atoms with Crippen LogP contribution in [0.15, 0.2) is 24.3 Å². The molecule has 1 aromatic carbocycles. The molecule has 0 aromatic heterocycles. The number of aliphatic carboxylic acids is 1. The second-order valence-electron chi connectivity index (χ2n) is 5.56. The monoisotopic (exact) mass is 275 g/mol. The number of carboxylic acids is 1. The van der Waals surface area contributed by atoms with E-state index in [0.717, 1.165) is 30.5 Å². The molecule has 2 rings (SSSR count). The lowest BCUT2D eigenvalue weighted by atomic mass is 9.93. The molecule has 108 valence electrons. The van der Waals surface area contributed by atoms with Crippen molar-refractivity contribution in [3.8, 4) is 0 Å². The van der Waals surface area contributed by atoms with Crippen LogP contribution in [0.25, 0.3) is 0 Å². The Kier molecular flexibility index (Phi) is 4.77. The molecule has 1 amide bonds. The van der Waals surface area contributed by atoms with Crippen LogP contribution in [0, 0.1) is 12.8 Å². The van der Waals surface area contributed by atoms with E-state index < -0.39 is 5.97 Å². The van der Waals surface area contributed by atoms with Gasteiger partial charge in [-0.3, -0.25) is 9.59 Å². The van der Waals surface area contributed by atoms with Gasteiger partial charge in [-0.25, -0.2) is 0 Å². The van der Waals surface area contributed by atoms with Crippen LogP contribution in [0.3, 0.4) is 0 Å². The predicted molar refractivity (Wildman–Crippen MR) is 76.7 cm³/mol. The Labute approximate surface area is 119 Å². The molecule has 1 aliphatic heterocycles. The van der Waals surface area contributed by atoms with Crippen molar-refractivity contribution in [2.24, 2.45) is 5.92 Å². The number of hydrogen-bond donors (Lipinski definition) is 1. The van der Waals surface area contributed by atoms with E-state index in [4.69, 9.17) is 5.11 Å². The molecule has 1 aromatic rings. The van der Waals surface area contributed by atoms with Crippen LogP contribution in [-0.2, 0) is 4.79 Å². The van der Waals surface area contributed by atoms with Gasteiger partial charge in [0.05, 0.1) is 0 Å². The number of carbonyl (C=O) groups is 2. The molecule has 0 spiro atoms.